The molecular weight excluding hydrogens is 470 g/mol. The maximum Gasteiger partial charge on any atom is 0.343 e. The van der Waals surface area contributed by atoms with Crippen molar-refractivity contribution in [3.8, 4) is 11.4 Å². The van der Waals surface area contributed by atoms with Gasteiger partial charge in [0.1, 0.15) is 12.3 Å². The third kappa shape index (κ3) is 3.41. The van der Waals surface area contributed by atoms with Gasteiger partial charge in [-0.1, -0.05) is 25.1 Å². The zero-order chi connectivity index (χ0) is 25.3. The molecule has 2 aliphatic rings. The van der Waals surface area contributed by atoms with Crippen LogP contribution in [-0.2, 0) is 34.7 Å². The number of rotatable bonds is 5. The summed E-state index contributed by atoms with van der Waals surface area (Å²) in [5.74, 6) is -1.01. The van der Waals surface area contributed by atoms with E-state index in [0.29, 0.717) is 29.2 Å². The van der Waals surface area contributed by atoms with Gasteiger partial charge in [-0.2, -0.15) is 0 Å². The molecule has 0 amide bonds. The first-order valence-electron chi connectivity index (χ1n) is 11.4. The molecule has 1 atom stereocenters. The van der Waals surface area contributed by atoms with Gasteiger partial charge in [-0.15, -0.1) is 0 Å². The predicted octanol–water partition coefficient (Wildman–Crippen LogP) is 2.73. The molecule has 2 aromatic heterocycles. The molecule has 11 heteroatoms. The summed E-state index contributed by atoms with van der Waals surface area (Å²) >= 11 is 0. The van der Waals surface area contributed by atoms with Crippen molar-refractivity contribution in [3.05, 3.63) is 67.0 Å². The van der Waals surface area contributed by atoms with Gasteiger partial charge in [-0.3, -0.25) is 19.5 Å². The number of benzene rings is 1. The van der Waals surface area contributed by atoms with Gasteiger partial charge in [0, 0.05) is 10.9 Å². The fourth-order valence-electron chi connectivity index (χ4n) is 5.15. The van der Waals surface area contributed by atoms with E-state index in [2.05, 4.69) is 0 Å². The van der Waals surface area contributed by atoms with Crippen molar-refractivity contribution in [2.75, 3.05) is 0 Å². The monoisotopic (exact) mass is 495 g/mol. The highest BCUT2D eigenvalue weighted by Crippen LogP contribution is 2.47. The molecule has 0 unspecified atom stereocenters. The van der Waals surface area contributed by atoms with Gasteiger partial charge >= 0.3 is 11.7 Å². The van der Waals surface area contributed by atoms with Gasteiger partial charge < -0.3 is 14.6 Å². The molecule has 0 radical (unpaired) electrons. The summed E-state index contributed by atoms with van der Waals surface area (Å²) in [6.07, 6.45) is 0.333. The van der Waals surface area contributed by atoms with Crippen LogP contribution in [0.25, 0.3) is 22.3 Å². The van der Waals surface area contributed by atoms with Crippen LogP contribution in [-0.4, -0.2) is 38.7 Å². The lowest BCUT2D eigenvalue weighted by atomic mass is 9.84. The van der Waals surface area contributed by atoms with E-state index in [4.69, 9.17) is 9.72 Å². The molecule has 3 aromatic rings. The number of carbonyl (C=O) groups is 1. The normalized spacial score (nSPS) is 18.7. The summed E-state index contributed by atoms with van der Waals surface area (Å²) < 4.78 is 6.36. The summed E-state index contributed by atoms with van der Waals surface area (Å²) in [6, 6.07) is 7.96. The molecule has 0 saturated heterocycles. The molecule has 2 N–H and O–H groups in total. The molecule has 5 rings (SSSR count). The van der Waals surface area contributed by atoms with Gasteiger partial charge in [0.25, 0.3) is 5.56 Å². The van der Waals surface area contributed by atoms with E-state index < -0.39 is 42.7 Å². The number of nitro groups is 1. The number of ether oxygens (including phenoxy) is 1. The molecule has 0 bridgehead atoms. The average Bonchev–Trinajstić information content (AvgIpc) is 3.18. The molecule has 4 heterocycles. The number of hydrogen-bond acceptors (Lipinski definition) is 8. The number of pyridine rings is 2. The summed E-state index contributed by atoms with van der Waals surface area (Å²) in [7, 11) is -2.42. The van der Waals surface area contributed by atoms with Crippen LogP contribution in [0.2, 0.25) is 19.1 Å². The highest BCUT2D eigenvalue weighted by atomic mass is 28.4. The standard InChI is InChI=1S/C24H25N3O7Si/c1-4-24(30)18-16(12-34-23(24)29)22(28)26-11-15-13(9-10-35(2,3)33)14-7-5-6-8-17(14)25-19(15)21(26)20(18)27(31)32/h5-8,30,33H,4,9-12H2,1-3H3/t24-/m0/s1. The van der Waals surface area contributed by atoms with E-state index >= 15 is 0 Å². The quantitative estimate of drug-likeness (QED) is 0.186. The molecule has 0 fully saturated rings. The van der Waals surface area contributed by atoms with Gasteiger partial charge in [-0.25, -0.2) is 9.78 Å². The van der Waals surface area contributed by atoms with Crippen LogP contribution in [0, 0.1) is 10.1 Å². The van der Waals surface area contributed by atoms with Crippen molar-refractivity contribution >= 4 is 30.9 Å². The first-order chi connectivity index (χ1) is 16.5. The second kappa shape index (κ2) is 7.80. The molecule has 0 aliphatic carbocycles. The van der Waals surface area contributed by atoms with Gasteiger partial charge in [0.05, 0.1) is 33.8 Å². The number of aryl methyl sites for hydroxylation is 1. The average molecular weight is 496 g/mol. The van der Waals surface area contributed by atoms with Crippen LogP contribution in [0.1, 0.15) is 35.6 Å². The molecule has 35 heavy (non-hydrogen) atoms. The van der Waals surface area contributed by atoms with Crippen molar-refractivity contribution < 1.29 is 24.4 Å². The number of aromatic nitrogens is 2. The Balaban J connectivity index is 1.88. The van der Waals surface area contributed by atoms with Crippen molar-refractivity contribution in [2.24, 2.45) is 0 Å². The first kappa shape index (κ1) is 23.3. The number of cyclic esters (lactones) is 1. The molecule has 0 spiro atoms. The maximum absolute atomic E-state index is 13.6. The topological polar surface area (TPSA) is 145 Å². The van der Waals surface area contributed by atoms with Crippen molar-refractivity contribution in [2.45, 2.75) is 57.7 Å². The van der Waals surface area contributed by atoms with Crippen LogP contribution >= 0.6 is 0 Å². The van der Waals surface area contributed by atoms with Gasteiger partial charge in [0.15, 0.2) is 13.9 Å². The van der Waals surface area contributed by atoms with E-state index in [1.54, 1.807) is 6.07 Å². The van der Waals surface area contributed by atoms with Crippen LogP contribution in [0.5, 0.6) is 0 Å². The van der Waals surface area contributed by atoms with Gasteiger partial charge in [-0.05, 0) is 43.6 Å². The SMILES string of the molecule is CC[C@@]1(O)C(=O)OCc2c1c([N+](=O)[O-])c1n(c2=O)Cc2c-1nc1ccccc1c2CC[Si](C)(C)O. The second-order valence-electron chi connectivity index (χ2n) is 9.74. The minimum atomic E-state index is -2.42. The highest BCUT2D eigenvalue weighted by molar-refractivity contribution is 6.69. The molecule has 0 saturated carbocycles. The highest BCUT2D eigenvalue weighted by Gasteiger charge is 2.52. The third-order valence-electron chi connectivity index (χ3n) is 6.97. The van der Waals surface area contributed by atoms with Crippen LogP contribution in [0.3, 0.4) is 0 Å². The minimum absolute atomic E-state index is 0.0113. The number of fused-ring (bicyclic) bond motifs is 5. The molecular formula is C24H25N3O7Si. The summed E-state index contributed by atoms with van der Waals surface area (Å²) in [5.41, 5.74) is -1.29. The lowest BCUT2D eigenvalue weighted by molar-refractivity contribution is -0.386. The first-order valence-corrected chi connectivity index (χ1v) is 14.6. The largest absolute Gasteiger partial charge is 0.458 e. The molecule has 182 valence electrons. The molecule has 1 aromatic carbocycles. The van der Waals surface area contributed by atoms with Crippen molar-refractivity contribution in [3.63, 3.8) is 0 Å². The Morgan fingerprint density at radius 1 is 1.26 bits per heavy atom. The predicted molar refractivity (Wildman–Crippen MR) is 129 cm³/mol. The Bertz CT molecular complexity index is 1490. The Kier molecular flexibility index (Phi) is 5.20. The van der Waals surface area contributed by atoms with E-state index in [-0.39, 0.29) is 29.8 Å². The number of hydrogen-bond donors (Lipinski definition) is 2. The van der Waals surface area contributed by atoms with Gasteiger partial charge in [0.2, 0.25) is 0 Å². The van der Waals surface area contributed by atoms with E-state index in [9.17, 15) is 29.6 Å². The fraction of sp³-hybridized carbons (Fsp3) is 0.375. The Hall–Kier alpha value is -3.41. The number of nitrogens with zero attached hydrogens (tertiary/aromatic N) is 3. The smallest absolute Gasteiger partial charge is 0.343 e. The Morgan fingerprint density at radius 2 is 1.97 bits per heavy atom. The van der Waals surface area contributed by atoms with E-state index in [1.807, 2.05) is 31.3 Å². The second-order valence-corrected chi connectivity index (χ2v) is 13.9. The number of carbonyl (C=O) groups excluding carboxylic acids is 1. The van der Waals surface area contributed by atoms with Crippen LogP contribution in [0.15, 0.2) is 29.1 Å². The fourth-order valence-corrected chi connectivity index (χ4v) is 6.01. The van der Waals surface area contributed by atoms with Crippen LogP contribution in [0.4, 0.5) is 5.69 Å². The zero-order valence-electron chi connectivity index (χ0n) is 19.6. The Labute approximate surface area is 201 Å². The lowest BCUT2D eigenvalue weighted by Crippen LogP contribution is -2.45. The number of para-hydroxylation sites is 1. The number of aliphatic hydroxyl groups is 1. The molecule has 10 nitrogen and oxygen atoms in total. The van der Waals surface area contributed by atoms with Crippen LogP contribution < -0.4 is 5.56 Å². The summed E-state index contributed by atoms with van der Waals surface area (Å²) in [5, 5.41) is 24.5. The van der Waals surface area contributed by atoms with E-state index in [1.165, 1.54) is 11.5 Å². The number of esters is 1. The van der Waals surface area contributed by atoms with Crippen molar-refractivity contribution in [1.29, 1.82) is 0 Å². The summed E-state index contributed by atoms with van der Waals surface area (Å²) in [4.78, 5) is 53.1. The van der Waals surface area contributed by atoms with E-state index in [0.717, 1.165) is 10.9 Å². The summed E-state index contributed by atoms with van der Waals surface area (Å²) in [6.45, 7) is 4.81. The lowest BCUT2D eigenvalue weighted by Gasteiger charge is -2.31. The third-order valence-corrected chi connectivity index (χ3v) is 8.44. The maximum atomic E-state index is 13.6. The Morgan fingerprint density at radius 3 is 2.63 bits per heavy atom. The zero-order valence-corrected chi connectivity index (χ0v) is 20.6. The minimum Gasteiger partial charge on any atom is -0.458 e. The van der Waals surface area contributed by atoms with Crippen molar-refractivity contribution in [1.82, 2.24) is 9.55 Å². The molecule has 2 aliphatic heterocycles.